The summed E-state index contributed by atoms with van der Waals surface area (Å²) in [5.41, 5.74) is 3.82. The molecule has 1 atom stereocenters. The summed E-state index contributed by atoms with van der Waals surface area (Å²) in [6, 6.07) is 18.0. The van der Waals surface area contributed by atoms with Crippen LogP contribution in [0.25, 0.3) is 0 Å². The van der Waals surface area contributed by atoms with E-state index in [1.807, 2.05) is 43.4 Å². The Morgan fingerprint density at radius 3 is 2.38 bits per heavy atom. The van der Waals surface area contributed by atoms with E-state index < -0.39 is 27.7 Å². The van der Waals surface area contributed by atoms with Crippen LogP contribution < -0.4 is 4.72 Å². The van der Waals surface area contributed by atoms with E-state index in [4.69, 9.17) is 4.99 Å². The van der Waals surface area contributed by atoms with Crippen molar-refractivity contribution in [3.05, 3.63) is 101 Å². The van der Waals surface area contributed by atoms with E-state index in [-0.39, 0.29) is 12.4 Å². The van der Waals surface area contributed by atoms with Gasteiger partial charge < -0.3 is 4.90 Å². The minimum absolute atomic E-state index is 0. The largest absolute Gasteiger partial charge is 0.359 e. The van der Waals surface area contributed by atoms with Crippen molar-refractivity contribution in [1.29, 1.82) is 0 Å². The number of hydrogen-bond acceptors (Lipinski definition) is 4. The van der Waals surface area contributed by atoms with E-state index in [0.717, 1.165) is 34.8 Å². The molecule has 0 saturated carbocycles. The molecule has 1 aliphatic heterocycles. The number of nitrogens with zero attached hydrogens (tertiary/aromatic N) is 2. The third-order valence-electron chi connectivity index (χ3n) is 5.63. The summed E-state index contributed by atoms with van der Waals surface area (Å²) in [7, 11) is -1.37. The molecule has 0 radical (unpaired) electrons. The van der Waals surface area contributed by atoms with Crippen LogP contribution in [-0.2, 0) is 23.0 Å². The Kier molecular flexibility index (Phi) is 7.94. The van der Waals surface area contributed by atoms with Crippen molar-refractivity contribution in [3.8, 4) is 0 Å². The maximum absolute atomic E-state index is 14.7. The predicted octanol–water partition coefficient (Wildman–Crippen LogP) is 5.32. The molecule has 0 saturated heterocycles. The molecule has 0 aromatic heterocycles. The summed E-state index contributed by atoms with van der Waals surface area (Å²) >= 11 is 0. The van der Waals surface area contributed by atoms with Crippen LogP contribution in [0.15, 0.2) is 71.7 Å². The van der Waals surface area contributed by atoms with E-state index in [1.54, 1.807) is 12.1 Å². The molecule has 5 nitrogen and oxygen atoms in total. The average Bonchev–Trinajstić information content (AvgIpc) is 2.88. The fourth-order valence-corrected chi connectivity index (χ4v) is 4.60. The van der Waals surface area contributed by atoms with Crippen LogP contribution in [-0.4, -0.2) is 32.5 Å². The SMILES string of the molecule is CN1Cc2ccccc2C(c2ccc(F)cc2F)N=C1CCc1ccc(NS(C)(=O)=O)cc1.Cl. The molecule has 1 unspecified atom stereocenters. The second kappa shape index (κ2) is 10.5. The maximum Gasteiger partial charge on any atom is 0.229 e. The topological polar surface area (TPSA) is 61.8 Å². The number of nitrogens with one attached hydrogen (secondary N) is 1. The lowest BCUT2D eigenvalue weighted by Gasteiger charge is -2.20. The molecule has 3 aromatic carbocycles. The lowest BCUT2D eigenvalue weighted by molar-refractivity contribution is 0.490. The van der Waals surface area contributed by atoms with Crippen LogP contribution in [0.3, 0.4) is 0 Å². The molecule has 4 rings (SSSR count). The van der Waals surface area contributed by atoms with Gasteiger partial charge in [0.15, 0.2) is 0 Å². The minimum Gasteiger partial charge on any atom is -0.359 e. The summed E-state index contributed by atoms with van der Waals surface area (Å²) in [6.45, 7) is 0.630. The summed E-state index contributed by atoms with van der Waals surface area (Å²) in [4.78, 5) is 6.98. The normalized spacial score (nSPS) is 15.6. The summed E-state index contributed by atoms with van der Waals surface area (Å²) < 4.78 is 53.5. The molecule has 0 fully saturated rings. The van der Waals surface area contributed by atoms with Crippen LogP contribution in [0.5, 0.6) is 0 Å². The number of benzene rings is 3. The van der Waals surface area contributed by atoms with E-state index >= 15 is 0 Å². The van der Waals surface area contributed by atoms with Crippen molar-refractivity contribution in [2.75, 3.05) is 18.0 Å². The molecule has 3 aromatic rings. The third-order valence-corrected chi connectivity index (χ3v) is 6.23. The minimum atomic E-state index is -3.33. The monoisotopic (exact) mass is 505 g/mol. The van der Waals surface area contributed by atoms with Gasteiger partial charge in [0.05, 0.1) is 6.26 Å². The highest BCUT2D eigenvalue weighted by Gasteiger charge is 2.25. The molecule has 180 valence electrons. The first-order valence-corrected chi connectivity index (χ1v) is 12.5. The van der Waals surface area contributed by atoms with E-state index in [2.05, 4.69) is 9.62 Å². The number of anilines is 1. The van der Waals surface area contributed by atoms with Gasteiger partial charge in [-0.05, 0) is 41.3 Å². The number of amidine groups is 1. The Hall–Kier alpha value is -2.97. The van der Waals surface area contributed by atoms with Gasteiger partial charge in [-0.15, -0.1) is 12.4 Å². The van der Waals surface area contributed by atoms with E-state index in [1.165, 1.54) is 12.1 Å². The number of rotatable bonds is 6. The van der Waals surface area contributed by atoms with Crippen LogP contribution in [0.4, 0.5) is 14.5 Å². The molecule has 9 heteroatoms. The van der Waals surface area contributed by atoms with Crippen LogP contribution >= 0.6 is 12.4 Å². The van der Waals surface area contributed by atoms with Crippen molar-refractivity contribution < 1.29 is 17.2 Å². The molecule has 0 aliphatic carbocycles. The van der Waals surface area contributed by atoms with Gasteiger partial charge in [0, 0.05) is 37.3 Å². The first kappa shape index (κ1) is 25.6. The lowest BCUT2D eigenvalue weighted by Crippen LogP contribution is -2.26. The first-order valence-electron chi connectivity index (χ1n) is 10.6. The van der Waals surface area contributed by atoms with Gasteiger partial charge in [-0.25, -0.2) is 17.2 Å². The molecule has 0 amide bonds. The highest BCUT2D eigenvalue weighted by atomic mass is 35.5. The number of aryl methyl sites for hydroxylation is 1. The standard InChI is InChI=1S/C25H25F2N3O2S.ClH/c1-30-16-18-5-3-4-6-21(18)25(22-13-10-19(26)15-23(22)27)28-24(30)14-9-17-7-11-20(12-8-17)29-33(2,31)32;/h3-8,10-13,15,25,29H,9,14,16H2,1-2H3;1H. The van der Waals surface area contributed by atoms with Gasteiger partial charge in [0.25, 0.3) is 0 Å². The predicted molar refractivity (Wildman–Crippen MR) is 134 cm³/mol. The Morgan fingerprint density at radius 2 is 1.71 bits per heavy atom. The number of hydrogen-bond donors (Lipinski definition) is 1. The molecule has 0 spiro atoms. The molecule has 1 heterocycles. The average molecular weight is 506 g/mol. The Morgan fingerprint density at radius 1 is 1.00 bits per heavy atom. The lowest BCUT2D eigenvalue weighted by atomic mass is 9.94. The number of aliphatic imine (C=N–C) groups is 1. The van der Waals surface area contributed by atoms with Gasteiger partial charge in [-0.3, -0.25) is 9.71 Å². The van der Waals surface area contributed by atoms with Crippen LogP contribution in [0.2, 0.25) is 0 Å². The maximum atomic E-state index is 14.7. The summed E-state index contributed by atoms with van der Waals surface area (Å²) in [6.07, 6.45) is 2.40. The zero-order valence-corrected chi connectivity index (χ0v) is 20.5. The molecular formula is C25H26ClF2N3O2S. The zero-order chi connectivity index (χ0) is 23.6. The smallest absolute Gasteiger partial charge is 0.229 e. The van der Waals surface area contributed by atoms with Gasteiger partial charge in [0.1, 0.15) is 23.5 Å². The molecule has 1 N–H and O–H groups in total. The van der Waals surface area contributed by atoms with Gasteiger partial charge in [-0.2, -0.15) is 0 Å². The van der Waals surface area contributed by atoms with Crippen molar-refractivity contribution >= 4 is 34.0 Å². The van der Waals surface area contributed by atoms with E-state index in [9.17, 15) is 17.2 Å². The van der Waals surface area contributed by atoms with Crippen molar-refractivity contribution in [3.63, 3.8) is 0 Å². The highest BCUT2D eigenvalue weighted by molar-refractivity contribution is 7.92. The molecular weight excluding hydrogens is 480 g/mol. The molecule has 0 bridgehead atoms. The second-order valence-electron chi connectivity index (χ2n) is 8.24. The Bertz CT molecular complexity index is 1300. The van der Waals surface area contributed by atoms with E-state index in [0.29, 0.717) is 30.6 Å². The fourth-order valence-electron chi connectivity index (χ4n) is 4.03. The van der Waals surface area contributed by atoms with Gasteiger partial charge in [-0.1, -0.05) is 42.5 Å². The highest BCUT2D eigenvalue weighted by Crippen LogP contribution is 2.34. The van der Waals surface area contributed by atoms with Gasteiger partial charge in [0.2, 0.25) is 10.0 Å². The van der Waals surface area contributed by atoms with Gasteiger partial charge >= 0.3 is 0 Å². The second-order valence-corrected chi connectivity index (χ2v) is 9.99. The van der Waals surface area contributed by atoms with Crippen molar-refractivity contribution in [2.45, 2.75) is 25.4 Å². The van der Waals surface area contributed by atoms with Crippen LogP contribution in [0.1, 0.15) is 34.7 Å². The van der Waals surface area contributed by atoms with Crippen LogP contribution in [0, 0.1) is 11.6 Å². The Balaban J connectivity index is 0.00000324. The third kappa shape index (κ3) is 6.12. The molecule has 34 heavy (non-hydrogen) atoms. The fraction of sp³-hybridized carbons (Fsp3) is 0.240. The summed E-state index contributed by atoms with van der Waals surface area (Å²) in [5, 5.41) is 0. The number of sulfonamides is 1. The first-order chi connectivity index (χ1) is 15.7. The Labute approximate surface area is 205 Å². The molecule has 1 aliphatic rings. The van der Waals surface area contributed by atoms with Crippen molar-refractivity contribution in [1.82, 2.24) is 4.90 Å². The zero-order valence-electron chi connectivity index (χ0n) is 18.8. The summed E-state index contributed by atoms with van der Waals surface area (Å²) in [5.74, 6) is -0.414. The number of fused-ring (bicyclic) bond motifs is 1. The van der Waals surface area contributed by atoms with Crippen molar-refractivity contribution in [2.24, 2.45) is 4.99 Å². The number of halogens is 3. The quantitative estimate of drug-likeness (QED) is 0.493.